The molecule has 1 fully saturated rings. The van der Waals surface area contributed by atoms with E-state index in [1.165, 1.54) is 24.5 Å². The van der Waals surface area contributed by atoms with Crippen LogP contribution < -0.4 is 9.64 Å². The van der Waals surface area contributed by atoms with Crippen molar-refractivity contribution in [1.82, 2.24) is 14.9 Å². The second-order valence-corrected chi connectivity index (χ2v) is 6.78. The van der Waals surface area contributed by atoms with Crippen LogP contribution in [0.4, 0.5) is 19.0 Å². The molecule has 4 rings (SSSR count). The molecule has 0 bridgehead atoms. The molecule has 29 heavy (non-hydrogen) atoms. The zero-order valence-corrected chi connectivity index (χ0v) is 15.6. The fourth-order valence-electron chi connectivity index (χ4n) is 3.21. The summed E-state index contributed by atoms with van der Waals surface area (Å²) in [5.41, 5.74) is 1.07. The fraction of sp³-hybridized carbons (Fsp3) is 0.238. The molecule has 1 saturated heterocycles. The summed E-state index contributed by atoms with van der Waals surface area (Å²) in [6.07, 6.45) is 1.36. The van der Waals surface area contributed by atoms with Crippen LogP contribution in [0.5, 0.6) is 11.6 Å². The van der Waals surface area contributed by atoms with E-state index in [2.05, 4.69) is 19.8 Å². The largest absolute Gasteiger partial charge is 0.436 e. The highest BCUT2D eigenvalue weighted by Crippen LogP contribution is 2.25. The van der Waals surface area contributed by atoms with Gasteiger partial charge < -0.3 is 9.64 Å². The van der Waals surface area contributed by atoms with Gasteiger partial charge in [-0.05, 0) is 29.8 Å². The summed E-state index contributed by atoms with van der Waals surface area (Å²) in [6, 6.07) is 11.3. The predicted octanol–water partition coefficient (Wildman–Crippen LogP) is 4.01. The quantitative estimate of drug-likeness (QED) is 0.647. The minimum Gasteiger partial charge on any atom is -0.436 e. The Morgan fingerprint density at radius 1 is 0.828 bits per heavy atom. The van der Waals surface area contributed by atoms with Crippen LogP contribution in [0.15, 0.2) is 54.9 Å². The summed E-state index contributed by atoms with van der Waals surface area (Å²) >= 11 is 0. The van der Waals surface area contributed by atoms with Gasteiger partial charge in [0.15, 0.2) is 11.6 Å². The van der Waals surface area contributed by atoms with Gasteiger partial charge in [0, 0.05) is 44.9 Å². The number of halogens is 3. The van der Waals surface area contributed by atoms with Crippen molar-refractivity contribution in [3.8, 4) is 11.6 Å². The third kappa shape index (κ3) is 4.83. The minimum absolute atomic E-state index is 0.0971. The van der Waals surface area contributed by atoms with Gasteiger partial charge in [-0.2, -0.15) is 0 Å². The average Bonchev–Trinajstić information content (AvgIpc) is 2.73. The van der Waals surface area contributed by atoms with Crippen LogP contribution in [0.3, 0.4) is 0 Å². The number of nitrogens with zero attached hydrogens (tertiary/aromatic N) is 4. The highest BCUT2D eigenvalue weighted by Gasteiger charge is 2.19. The van der Waals surface area contributed by atoms with Gasteiger partial charge in [-0.1, -0.05) is 12.1 Å². The first-order valence-corrected chi connectivity index (χ1v) is 9.23. The van der Waals surface area contributed by atoms with Gasteiger partial charge in [-0.15, -0.1) is 0 Å². The zero-order chi connectivity index (χ0) is 20.2. The van der Waals surface area contributed by atoms with Crippen molar-refractivity contribution in [2.45, 2.75) is 6.54 Å². The summed E-state index contributed by atoms with van der Waals surface area (Å²) in [6.45, 7) is 3.91. The molecule has 1 aliphatic rings. The number of hydrogen-bond acceptors (Lipinski definition) is 5. The van der Waals surface area contributed by atoms with Gasteiger partial charge in [0.2, 0.25) is 5.88 Å². The van der Waals surface area contributed by atoms with E-state index >= 15 is 0 Å². The molecule has 0 atom stereocenters. The second kappa shape index (κ2) is 8.48. The van der Waals surface area contributed by atoms with Crippen LogP contribution in [0.2, 0.25) is 0 Å². The Labute approximate surface area is 166 Å². The number of anilines is 1. The van der Waals surface area contributed by atoms with Gasteiger partial charge in [0.05, 0.1) is 0 Å². The molecule has 1 aromatic heterocycles. The molecule has 0 spiro atoms. The van der Waals surface area contributed by atoms with E-state index in [1.54, 1.807) is 18.2 Å². The van der Waals surface area contributed by atoms with E-state index in [-0.39, 0.29) is 17.4 Å². The molecule has 0 aliphatic carbocycles. The van der Waals surface area contributed by atoms with Crippen molar-refractivity contribution in [3.63, 3.8) is 0 Å². The van der Waals surface area contributed by atoms with Crippen LogP contribution in [-0.2, 0) is 6.54 Å². The summed E-state index contributed by atoms with van der Waals surface area (Å²) < 4.78 is 45.3. The van der Waals surface area contributed by atoms with Crippen LogP contribution in [0, 0.1) is 17.5 Å². The lowest BCUT2D eigenvalue weighted by molar-refractivity contribution is 0.249. The number of ether oxygens (including phenoxy) is 1. The maximum atomic E-state index is 13.8. The normalized spacial score (nSPS) is 14.8. The number of rotatable bonds is 5. The van der Waals surface area contributed by atoms with Crippen molar-refractivity contribution in [2.75, 3.05) is 31.1 Å². The molecule has 0 unspecified atom stereocenters. The smallest absolute Gasteiger partial charge is 0.224 e. The highest BCUT2D eigenvalue weighted by molar-refractivity contribution is 5.42. The monoisotopic (exact) mass is 400 g/mol. The molecular weight excluding hydrogens is 381 g/mol. The van der Waals surface area contributed by atoms with Crippen molar-refractivity contribution >= 4 is 5.82 Å². The number of hydrogen-bond donors (Lipinski definition) is 0. The molecule has 3 aromatic rings. The SMILES string of the molecule is Fc1ccc(CN2CCN(c3cc(Oc4ccc(F)cc4F)ncn3)CC2)cc1. The molecule has 8 heteroatoms. The lowest BCUT2D eigenvalue weighted by atomic mass is 10.2. The Hall–Kier alpha value is -3.13. The summed E-state index contributed by atoms with van der Waals surface area (Å²) in [4.78, 5) is 12.7. The molecule has 150 valence electrons. The van der Waals surface area contributed by atoms with Crippen LogP contribution in [0.1, 0.15) is 5.56 Å². The van der Waals surface area contributed by atoms with Crippen LogP contribution in [0.25, 0.3) is 0 Å². The summed E-state index contributed by atoms with van der Waals surface area (Å²) in [7, 11) is 0. The molecular formula is C21H19F3N4O. The van der Waals surface area contributed by atoms with E-state index < -0.39 is 11.6 Å². The van der Waals surface area contributed by atoms with Gasteiger partial charge in [-0.3, -0.25) is 4.90 Å². The first kappa shape index (κ1) is 19.2. The summed E-state index contributed by atoms with van der Waals surface area (Å²) in [5, 5.41) is 0. The molecule has 0 N–H and O–H groups in total. The Bertz CT molecular complexity index is 976. The van der Waals surface area contributed by atoms with Gasteiger partial charge >= 0.3 is 0 Å². The molecule has 2 aromatic carbocycles. The lowest BCUT2D eigenvalue weighted by Gasteiger charge is -2.35. The topological polar surface area (TPSA) is 41.5 Å². The molecule has 5 nitrogen and oxygen atoms in total. The first-order valence-electron chi connectivity index (χ1n) is 9.23. The Morgan fingerprint density at radius 3 is 2.28 bits per heavy atom. The van der Waals surface area contributed by atoms with Crippen molar-refractivity contribution in [3.05, 3.63) is 77.9 Å². The minimum atomic E-state index is -0.792. The van der Waals surface area contributed by atoms with Crippen molar-refractivity contribution in [2.24, 2.45) is 0 Å². The summed E-state index contributed by atoms with van der Waals surface area (Å²) in [5.74, 6) is -0.925. The van der Waals surface area contributed by atoms with E-state index in [9.17, 15) is 13.2 Å². The number of aromatic nitrogens is 2. The maximum absolute atomic E-state index is 13.8. The Morgan fingerprint density at radius 2 is 1.55 bits per heavy atom. The molecule has 0 saturated carbocycles. The number of benzene rings is 2. The Kier molecular flexibility index (Phi) is 5.62. The van der Waals surface area contributed by atoms with E-state index in [4.69, 9.17) is 4.74 Å². The Balaban J connectivity index is 1.37. The highest BCUT2D eigenvalue weighted by atomic mass is 19.1. The lowest BCUT2D eigenvalue weighted by Crippen LogP contribution is -2.46. The molecule has 0 amide bonds. The van der Waals surface area contributed by atoms with Gasteiger partial charge in [-0.25, -0.2) is 23.1 Å². The van der Waals surface area contributed by atoms with E-state index in [1.807, 2.05) is 0 Å². The standard InChI is InChI=1S/C21H19F3N4O/c22-16-3-1-15(2-4-16)13-27-7-9-28(10-8-27)20-12-21(26-14-25-20)29-19-6-5-17(23)11-18(19)24/h1-6,11-12,14H,7-10,13H2. The number of piperazine rings is 1. The first-order chi connectivity index (χ1) is 14.1. The van der Waals surface area contributed by atoms with E-state index in [0.717, 1.165) is 50.4 Å². The zero-order valence-electron chi connectivity index (χ0n) is 15.6. The van der Waals surface area contributed by atoms with Crippen molar-refractivity contribution in [1.29, 1.82) is 0 Å². The van der Waals surface area contributed by atoms with Crippen LogP contribution >= 0.6 is 0 Å². The second-order valence-electron chi connectivity index (χ2n) is 6.78. The third-order valence-corrected chi connectivity index (χ3v) is 4.75. The van der Waals surface area contributed by atoms with Gasteiger partial charge in [0.25, 0.3) is 0 Å². The van der Waals surface area contributed by atoms with Gasteiger partial charge in [0.1, 0.15) is 23.8 Å². The molecule has 2 heterocycles. The molecule has 0 radical (unpaired) electrons. The van der Waals surface area contributed by atoms with Crippen LogP contribution in [-0.4, -0.2) is 41.0 Å². The fourth-order valence-corrected chi connectivity index (χ4v) is 3.21. The molecule has 1 aliphatic heterocycles. The van der Waals surface area contributed by atoms with E-state index in [0.29, 0.717) is 5.82 Å². The average molecular weight is 400 g/mol. The maximum Gasteiger partial charge on any atom is 0.224 e. The third-order valence-electron chi connectivity index (χ3n) is 4.75. The predicted molar refractivity (Wildman–Crippen MR) is 102 cm³/mol. The van der Waals surface area contributed by atoms with Crippen molar-refractivity contribution < 1.29 is 17.9 Å².